The highest BCUT2D eigenvalue weighted by Gasteiger charge is 2.31. The van der Waals surface area contributed by atoms with E-state index >= 15 is 0 Å². The molecule has 2 N–H and O–H groups in total. The molecule has 176 valence electrons. The first-order valence-corrected chi connectivity index (χ1v) is 12.3. The number of nitrogens with zero attached hydrogens (tertiary/aromatic N) is 3. The van der Waals surface area contributed by atoms with E-state index in [1.54, 1.807) is 40.7 Å². The van der Waals surface area contributed by atoms with E-state index in [1.807, 2.05) is 12.1 Å². The molecule has 0 atom stereocenters. The molecule has 1 aromatic heterocycles. The van der Waals surface area contributed by atoms with Crippen molar-refractivity contribution in [1.82, 2.24) is 15.5 Å². The predicted molar refractivity (Wildman–Crippen MR) is 121 cm³/mol. The zero-order chi connectivity index (χ0) is 23.7. The number of benzene rings is 1. The number of ether oxygens (including phenoxy) is 1. The summed E-state index contributed by atoms with van der Waals surface area (Å²) >= 11 is 0. The van der Waals surface area contributed by atoms with Gasteiger partial charge in [0.05, 0.1) is 18.5 Å². The summed E-state index contributed by atoms with van der Waals surface area (Å²) in [5.41, 5.74) is 0.946. The normalized spacial score (nSPS) is 14.6. The highest BCUT2D eigenvalue weighted by atomic mass is 32.2. The number of hydrogen-bond donors (Lipinski definition) is 2. The molecule has 0 saturated carbocycles. The molecule has 0 bridgehead atoms. The van der Waals surface area contributed by atoms with E-state index in [-0.39, 0.29) is 0 Å². The van der Waals surface area contributed by atoms with Gasteiger partial charge in [0.2, 0.25) is 15.9 Å². The SMILES string of the molecule is CC(C)(C)OC(=O)NC(C)(C)c1noc(CN2CCCc3c(NS(C)(=O)=O)cccc32)n1. The average Bonchev–Trinajstić information content (AvgIpc) is 3.08. The van der Waals surface area contributed by atoms with Crippen LogP contribution in [0.4, 0.5) is 16.2 Å². The summed E-state index contributed by atoms with van der Waals surface area (Å²) in [4.78, 5) is 18.7. The van der Waals surface area contributed by atoms with Gasteiger partial charge in [0, 0.05) is 12.2 Å². The van der Waals surface area contributed by atoms with Gasteiger partial charge in [-0.2, -0.15) is 4.98 Å². The summed E-state index contributed by atoms with van der Waals surface area (Å²) in [6, 6.07) is 5.53. The number of aromatic nitrogens is 2. The summed E-state index contributed by atoms with van der Waals surface area (Å²) in [5, 5.41) is 6.82. The third-order valence-electron chi connectivity index (χ3n) is 4.81. The second-order valence-electron chi connectivity index (χ2n) is 9.47. The van der Waals surface area contributed by atoms with Crippen molar-refractivity contribution < 1.29 is 22.5 Å². The van der Waals surface area contributed by atoms with Crippen LogP contribution >= 0.6 is 0 Å². The number of carbonyl (C=O) groups excluding carboxylic acids is 1. The van der Waals surface area contributed by atoms with Crippen LogP contribution in [-0.4, -0.2) is 43.1 Å². The van der Waals surface area contributed by atoms with Crippen molar-refractivity contribution in [3.05, 3.63) is 35.5 Å². The summed E-state index contributed by atoms with van der Waals surface area (Å²) in [7, 11) is -3.38. The third-order valence-corrected chi connectivity index (χ3v) is 5.40. The monoisotopic (exact) mass is 465 g/mol. The Hall–Kier alpha value is -2.82. The lowest BCUT2D eigenvalue weighted by molar-refractivity contribution is 0.0465. The molecule has 1 aromatic carbocycles. The molecule has 11 heteroatoms. The van der Waals surface area contributed by atoms with Gasteiger partial charge < -0.3 is 19.5 Å². The maximum absolute atomic E-state index is 12.2. The third kappa shape index (κ3) is 6.12. The molecular weight excluding hydrogens is 434 g/mol. The summed E-state index contributed by atoms with van der Waals surface area (Å²) < 4.78 is 36.8. The molecule has 0 fully saturated rings. The van der Waals surface area contributed by atoms with E-state index < -0.39 is 27.3 Å². The molecular formula is C21H31N5O5S. The number of amides is 1. The zero-order valence-corrected chi connectivity index (χ0v) is 20.2. The van der Waals surface area contributed by atoms with Crippen molar-refractivity contribution in [2.45, 2.75) is 65.1 Å². The molecule has 0 spiro atoms. The number of fused-ring (bicyclic) bond motifs is 1. The van der Waals surface area contributed by atoms with Crippen molar-refractivity contribution in [1.29, 1.82) is 0 Å². The largest absolute Gasteiger partial charge is 0.444 e. The molecule has 0 saturated heterocycles. The number of sulfonamides is 1. The van der Waals surface area contributed by atoms with Crippen LogP contribution < -0.4 is 14.9 Å². The molecule has 0 aliphatic carbocycles. The summed E-state index contributed by atoms with van der Waals surface area (Å²) in [6.07, 6.45) is 2.21. The highest BCUT2D eigenvalue weighted by molar-refractivity contribution is 7.92. The minimum atomic E-state index is -3.38. The van der Waals surface area contributed by atoms with Crippen molar-refractivity contribution >= 4 is 27.5 Å². The first-order valence-electron chi connectivity index (χ1n) is 10.4. The van der Waals surface area contributed by atoms with E-state index in [0.29, 0.717) is 23.9 Å². The van der Waals surface area contributed by atoms with Gasteiger partial charge >= 0.3 is 6.09 Å². The minimum absolute atomic E-state index is 0.336. The Morgan fingerprint density at radius 3 is 2.62 bits per heavy atom. The molecule has 2 aromatic rings. The van der Waals surface area contributed by atoms with Crippen molar-refractivity contribution in [3.8, 4) is 0 Å². The fraction of sp³-hybridized carbons (Fsp3) is 0.571. The summed E-state index contributed by atoms with van der Waals surface area (Å²) in [5.74, 6) is 0.733. The molecule has 1 aliphatic heterocycles. The van der Waals surface area contributed by atoms with Crippen molar-refractivity contribution in [2.75, 3.05) is 22.4 Å². The van der Waals surface area contributed by atoms with Crippen molar-refractivity contribution in [3.63, 3.8) is 0 Å². The molecule has 0 unspecified atom stereocenters. The van der Waals surface area contributed by atoms with E-state index in [9.17, 15) is 13.2 Å². The number of carbonyl (C=O) groups is 1. The van der Waals surface area contributed by atoms with Crippen LogP contribution in [0.15, 0.2) is 22.7 Å². The Morgan fingerprint density at radius 2 is 1.97 bits per heavy atom. The maximum atomic E-state index is 12.2. The molecule has 3 rings (SSSR count). The number of rotatable bonds is 6. The van der Waals surface area contributed by atoms with Gasteiger partial charge in [-0.05, 0) is 65.2 Å². The van der Waals surface area contributed by atoms with E-state index in [4.69, 9.17) is 9.26 Å². The predicted octanol–water partition coefficient (Wildman–Crippen LogP) is 3.15. The van der Waals surface area contributed by atoms with Gasteiger partial charge in [0.15, 0.2) is 5.82 Å². The van der Waals surface area contributed by atoms with E-state index in [0.717, 1.165) is 36.9 Å². The lowest BCUT2D eigenvalue weighted by Gasteiger charge is -2.31. The topological polar surface area (TPSA) is 127 Å². The quantitative estimate of drug-likeness (QED) is 0.666. The van der Waals surface area contributed by atoms with Gasteiger partial charge in [0.25, 0.3) is 0 Å². The molecule has 1 amide bonds. The highest BCUT2D eigenvalue weighted by Crippen LogP contribution is 2.34. The molecule has 2 heterocycles. The van der Waals surface area contributed by atoms with Crippen LogP contribution in [0.1, 0.15) is 58.3 Å². The molecule has 0 radical (unpaired) electrons. The van der Waals surface area contributed by atoms with Crippen LogP contribution in [0.5, 0.6) is 0 Å². The maximum Gasteiger partial charge on any atom is 0.408 e. The Labute approximate surface area is 188 Å². The summed E-state index contributed by atoms with van der Waals surface area (Å²) in [6.45, 7) is 10.0. The standard InChI is InChI=1S/C21H31N5O5S/c1-20(2,3)30-19(27)23-21(4,5)18-22-17(31-24-18)13-26-12-8-9-14-15(25-32(6,28)29)10-7-11-16(14)26/h7,10-11,25H,8-9,12-13H2,1-6H3,(H,23,27). The first kappa shape index (κ1) is 23.8. The van der Waals surface area contributed by atoms with E-state index in [2.05, 4.69) is 25.1 Å². The van der Waals surface area contributed by atoms with Crippen LogP contribution in [-0.2, 0) is 33.3 Å². The molecule has 32 heavy (non-hydrogen) atoms. The lowest BCUT2D eigenvalue weighted by atomic mass is 10.00. The minimum Gasteiger partial charge on any atom is -0.444 e. The zero-order valence-electron chi connectivity index (χ0n) is 19.4. The van der Waals surface area contributed by atoms with Gasteiger partial charge in [-0.3, -0.25) is 4.72 Å². The Bertz CT molecular complexity index is 1090. The number of alkyl carbamates (subject to hydrolysis) is 1. The van der Waals surface area contributed by atoms with Crippen LogP contribution in [0, 0.1) is 0 Å². The van der Waals surface area contributed by atoms with Crippen LogP contribution in [0.2, 0.25) is 0 Å². The van der Waals surface area contributed by atoms with Gasteiger partial charge in [0.1, 0.15) is 11.1 Å². The van der Waals surface area contributed by atoms with Crippen LogP contribution in [0.25, 0.3) is 0 Å². The van der Waals surface area contributed by atoms with E-state index in [1.165, 1.54) is 0 Å². The molecule has 1 aliphatic rings. The number of nitrogens with one attached hydrogen (secondary N) is 2. The number of hydrogen-bond acceptors (Lipinski definition) is 8. The second-order valence-corrected chi connectivity index (χ2v) is 11.2. The molecule has 10 nitrogen and oxygen atoms in total. The van der Waals surface area contributed by atoms with Gasteiger partial charge in [-0.15, -0.1) is 0 Å². The fourth-order valence-corrected chi connectivity index (χ4v) is 4.10. The smallest absolute Gasteiger partial charge is 0.408 e. The Balaban J connectivity index is 1.75. The van der Waals surface area contributed by atoms with Crippen LogP contribution in [0.3, 0.4) is 0 Å². The Morgan fingerprint density at radius 1 is 1.25 bits per heavy atom. The van der Waals surface area contributed by atoms with Gasteiger partial charge in [-0.25, -0.2) is 13.2 Å². The average molecular weight is 466 g/mol. The Kier molecular flexibility index (Phi) is 6.41. The second kappa shape index (κ2) is 8.61. The fourth-order valence-electron chi connectivity index (χ4n) is 3.51. The number of anilines is 2. The lowest BCUT2D eigenvalue weighted by Crippen LogP contribution is -2.44. The van der Waals surface area contributed by atoms with Gasteiger partial charge in [-0.1, -0.05) is 11.2 Å². The van der Waals surface area contributed by atoms with Crippen molar-refractivity contribution in [2.24, 2.45) is 0 Å². The first-order chi connectivity index (χ1) is 14.7.